The molecule has 0 bridgehead atoms. The van der Waals surface area contributed by atoms with Gasteiger partial charge in [-0.2, -0.15) is 0 Å². The number of rotatable bonds is 6. The lowest BCUT2D eigenvalue weighted by atomic mass is 10.1. The van der Waals surface area contributed by atoms with Gasteiger partial charge in [0.05, 0.1) is 0 Å². The van der Waals surface area contributed by atoms with Crippen LogP contribution in [0.5, 0.6) is 11.5 Å². The van der Waals surface area contributed by atoms with E-state index in [4.69, 9.17) is 4.74 Å². The Morgan fingerprint density at radius 2 is 0.810 bits per heavy atom. The first-order valence-electron chi connectivity index (χ1n) is 8.11. The van der Waals surface area contributed by atoms with Gasteiger partial charge in [0.15, 0.2) is 0 Å². The summed E-state index contributed by atoms with van der Waals surface area (Å²) < 4.78 is 6.15. The zero-order chi connectivity index (χ0) is 15.2. The SMILES string of the molecule is CCc1cc(CC)cc(Oc2cc(CC)cc(CC)c2)c1. The lowest BCUT2D eigenvalue weighted by molar-refractivity contribution is 0.480. The molecule has 112 valence electrons. The highest BCUT2D eigenvalue weighted by molar-refractivity contribution is 5.41. The monoisotopic (exact) mass is 282 g/mol. The Kier molecular flexibility index (Phi) is 5.44. The standard InChI is InChI=1S/C20H26O/c1-5-15-9-16(6-2)12-19(11-15)21-20-13-17(7-3)10-18(8-4)14-20/h9-14H,5-8H2,1-4H3. The Morgan fingerprint density at radius 1 is 0.524 bits per heavy atom. The third kappa shape index (κ3) is 4.10. The van der Waals surface area contributed by atoms with Gasteiger partial charge < -0.3 is 4.74 Å². The summed E-state index contributed by atoms with van der Waals surface area (Å²) in [5.41, 5.74) is 5.36. The summed E-state index contributed by atoms with van der Waals surface area (Å²) in [5, 5.41) is 0. The average Bonchev–Trinajstić information content (AvgIpc) is 2.53. The molecule has 0 spiro atoms. The molecule has 0 amide bonds. The minimum absolute atomic E-state index is 0.960. The summed E-state index contributed by atoms with van der Waals surface area (Å²) in [5.74, 6) is 1.92. The maximum absolute atomic E-state index is 6.15. The van der Waals surface area contributed by atoms with Gasteiger partial charge in [-0.3, -0.25) is 0 Å². The maximum atomic E-state index is 6.15. The van der Waals surface area contributed by atoms with Crippen LogP contribution in [0.25, 0.3) is 0 Å². The van der Waals surface area contributed by atoms with Gasteiger partial charge >= 0.3 is 0 Å². The van der Waals surface area contributed by atoms with Crippen molar-refractivity contribution in [2.45, 2.75) is 53.4 Å². The molecule has 0 N–H and O–H groups in total. The van der Waals surface area contributed by atoms with Crippen molar-refractivity contribution >= 4 is 0 Å². The van der Waals surface area contributed by atoms with Gasteiger partial charge in [0.1, 0.15) is 11.5 Å². The predicted molar refractivity (Wildman–Crippen MR) is 90.5 cm³/mol. The molecule has 1 nitrogen and oxygen atoms in total. The molecule has 0 fully saturated rings. The van der Waals surface area contributed by atoms with Crippen molar-refractivity contribution in [2.75, 3.05) is 0 Å². The van der Waals surface area contributed by atoms with E-state index in [-0.39, 0.29) is 0 Å². The van der Waals surface area contributed by atoms with Crippen LogP contribution in [0, 0.1) is 0 Å². The predicted octanol–water partition coefficient (Wildman–Crippen LogP) is 5.73. The quantitative estimate of drug-likeness (QED) is 0.657. The zero-order valence-electron chi connectivity index (χ0n) is 13.7. The second kappa shape index (κ2) is 7.31. The van der Waals surface area contributed by atoms with Gasteiger partial charge in [0.2, 0.25) is 0 Å². The van der Waals surface area contributed by atoms with Gasteiger partial charge in [0, 0.05) is 0 Å². The molecule has 2 rings (SSSR count). The van der Waals surface area contributed by atoms with E-state index in [9.17, 15) is 0 Å². The Hall–Kier alpha value is -1.76. The fraction of sp³-hybridized carbons (Fsp3) is 0.400. The first-order valence-corrected chi connectivity index (χ1v) is 8.11. The van der Waals surface area contributed by atoms with Gasteiger partial charge in [0.25, 0.3) is 0 Å². The highest BCUT2D eigenvalue weighted by atomic mass is 16.5. The smallest absolute Gasteiger partial charge is 0.127 e. The second-order valence-corrected chi connectivity index (χ2v) is 5.49. The largest absolute Gasteiger partial charge is 0.457 e. The van der Waals surface area contributed by atoms with E-state index in [1.807, 2.05) is 0 Å². The molecule has 0 heterocycles. The zero-order valence-corrected chi connectivity index (χ0v) is 13.7. The summed E-state index contributed by atoms with van der Waals surface area (Å²) in [4.78, 5) is 0. The van der Waals surface area contributed by atoms with E-state index in [1.165, 1.54) is 22.3 Å². The van der Waals surface area contributed by atoms with Crippen molar-refractivity contribution in [3.05, 3.63) is 58.7 Å². The van der Waals surface area contributed by atoms with Crippen LogP contribution in [0.2, 0.25) is 0 Å². The molecule has 0 saturated carbocycles. The normalized spacial score (nSPS) is 10.7. The van der Waals surface area contributed by atoms with Crippen molar-refractivity contribution in [1.29, 1.82) is 0 Å². The third-order valence-electron chi connectivity index (χ3n) is 3.92. The fourth-order valence-electron chi connectivity index (χ4n) is 2.53. The highest BCUT2D eigenvalue weighted by Gasteiger charge is 2.04. The van der Waals surface area contributed by atoms with E-state index >= 15 is 0 Å². The molecule has 2 aromatic carbocycles. The van der Waals surface area contributed by atoms with Crippen LogP contribution in [0.15, 0.2) is 36.4 Å². The van der Waals surface area contributed by atoms with Gasteiger partial charge in [-0.1, -0.05) is 39.8 Å². The number of hydrogen-bond acceptors (Lipinski definition) is 1. The molecule has 0 saturated heterocycles. The number of aryl methyl sites for hydroxylation is 4. The third-order valence-corrected chi connectivity index (χ3v) is 3.92. The van der Waals surface area contributed by atoms with Crippen molar-refractivity contribution in [2.24, 2.45) is 0 Å². The Morgan fingerprint density at radius 3 is 1.05 bits per heavy atom. The number of hydrogen-bond donors (Lipinski definition) is 0. The Bertz CT molecular complexity index is 501. The van der Waals surface area contributed by atoms with Crippen LogP contribution in [0.3, 0.4) is 0 Å². The molecule has 0 atom stereocenters. The number of ether oxygens (including phenoxy) is 1. The molecule has 0 radical (unpaired) electrons. The van der Waals surface area contributed by atoms with Gasteiger partial charge in [-0.15, -0.1) is 0 Å². The maximum Gasteiger partial charge on any atom is 0.127 e. The van der Waals surface area contributed by atoms with Crippen molar-refractivity contribution in [3.63, 3.8) is 0 Å². The molecular weight excluding hydrogens is 256 g/mol. The van der Waals surface area contributed by atoms with E-state index in [2.05, 4.69) is 64.1 Å². The summed E-state index contributed by atoms with van der Waals surface area (Å²) >= 11 is 0. The molecule has 0 aromatic heterocycles. The van der Waals surface area contributed by atoms with Crippen LogP contribution in [-0.2, 0) is 25.7 Å². The summed E-state index contributed by atoms with van der Waals surface area (Å²) in [7, 11) is 0. The summed E-state index contributed by atoms with van der Waals surface area (Å²) in [6.07, 6.45) is 4.16. The fourth-order valence-corrected chi connectivity index (χ4v) is 2.53. The van der Waals surface area contributed by atoms with Crippen LogP contribution in [0.1, 0.15) is 49.9 Å². The van der Waals surface area contributed by atoms with Crippen LogP contribution in [-0.4, -0.2) is 0 Å². The van der Waals surface area contributed by atoms with Gasteiger partial charge in [-0.05, 0) is 72.2 Å². The highest BCUT2D eigenvalue weighted by Crippen LogP contribution is 2.27. The van der Waals surface area contributed by atoms with E-state index in [0.717, 1.165) is 37.2 Å². The average molecular weight is 282 g/mol. The van der Waals surface area contributed by atoms with Crippen LogP contribution >= 0.6 is 0 Å². The minimum Gasteiger partial charge on any atom is -0.457 e. The second-order valence-electron chi connectivity index (χ2n) is 5.49. The molecular formula is C20H26O. The lowest BCUT2D eigenvalue weighted by Crippen LogP contribution is -1.93. The summed E-state index contributed by atoms with van der Waals surface area (Å²) in [6.45, 7) is 8.74. The van der Waals surface area contributed by atoms with Crippen LogP contribution in [0.4, 0.5) is 0 Å². The van der Waals surface area contributed by atoms with Gasteiger partial charge in [-0.25, -0.2) is 0 Å². The van der Waals surface area contributed by atoms with E-state index in [0.29, 0.717) is 0 Å². The molecule has 0 aliphatic heterocycles. The van der Waals surface area contributed by atoms with Crippen molar-refractivity contribution in [3.8, 4) is 11.5 Å². The Balaban J connectivity index is 2.32. The molecule has 21 heavy (non-hydrogen) atoms. The first-order chi connectivity index (χ1) is 10.2. The van der Waals surface area contributed by atoms with Crippen LogP contribution < -0.4 is 4.74 Å². The number of benzene rings is 2. The molecule has 0 aliphatic rings. The van der Waals surface area contributed by atoms with Crippen molar-refractivity contribution < 1.29 is 4.74 Å². The first kappa shape index (κ1) is 15.6. The van der Waals surface area contributed by atoms with Crippen molar-refractivity contribution in [1.82, 2.24) is 0 Å². The topological polar surface area (TPSA) is 9.23 Å². The summed E-state index contributed by atoms with van der Waals surface area (Å²) in [6, 6.07) is 13.2. The lowest BCUT2D eigenvalue weighted by Gasteiger charge is -2.12. The Labute approximate surface area is 129 Å². The molecule has 0 aliphatic carbocycles. The molecule has 0 unspecified atom stereocenters. The minimum atomic E-state index is 0.960. The van der Waals surface area contributed by atoms with E-state index < -0.39 is 0 Å². The molecule has 2 aromatic rings. The molecule has 1 heteroatoms. The van der Waals surface area contributed by atoms with E-state index in [1.54, 1.807) is 0 Å².